The van der Waals surface area contributed by atoms with Crippen molar-refractivity contribution in [3.8, 4) is 0 Å². The summed E-state index contributed by atoms with van der Waals surface area (Å²) in [4.78, 5) is 2.32. The van der Waals surface area contributed by atoms with E-state index < -0.39 is 0 Å². The number of fused-ring (bicyclic) bond motifs is 3. The molecule has 3 aliphatic heterocycles. The number of hydrogen-bond acceptors (Lipinski definition) is 3. The molecule has 0 aromatic heterocycles. The molecule has 3 nitrogen and oxygen atoms in total. The summed E-state index contributed by atoms with van der Waals surface area (Å²) in [7, 11) is 0. The largest absolute Gasteiger partial charge is 0.391 e. The van der Waals surface area contributed by atoms with Crippen LogP contribution in [0.5, 0.6) is 0 Å². The Morgan fingerprint density at radius 2 is 2.00 bits per heavy atom. The minimum absolute atomic E-state index is 0.150. The van der Waals surface area contributed by atoms with Crippen molar-refractivity contribution < 1.29 is 5.11 Å². The number of nitrogens with two attached hydrogens (primary N) is 1. The maximum atomic E-state index is 9.74. The van der Waals surface area contributed by atoms with Gasteiger partial charge in [-0.3, -0.25) is 4.90 Å². The molecular formula is C8H16N2O. The Hall–Kier alpha value is -0.120. The van der Waals surface area contributed by atoms with Crippen LogP contribution in [0.25, 0.3) is 0 Å². The van der Waals surface area contributed by atoms with E-state index in [1.165, 1.54) is 0 Å². The summed E-state index contributed by atoms with van der Waals surface area (Å²) in [5, 5.41) is 9.74. The van der Waals surface area contributed by atoms with Crippen LogP contribution in [0.1, 0.15) is 12.8 Å². The van der Waals surface area contributed by atoms with Crippen LogP contribution in [0.3, 0.4) is 0 Å². The van der Waals surface area contributed by atoms with E-state index in [-0.39, 0.29) is 12.1 Å². The van der Waals surface area contributed by atoms with Gasteiger partial charge in [0.1, 0.15) is 0 Å². The molecule has 2 unspecified atom stereocenters. The van der Waals surface area contributed by atoms with Crippen LogP contribution in [0.15, 0.2) is 0 Å². The van der Waals surface area contributed by atoms with Gasteiger partial charge in [-0.1, -0.05) is 0 Å². The van der Waals surface area contributed by atoms with Gasteiger partial charge < -0.3 is 10.8 Å². The molecule has 3 saturated heterocycles. The van der Waals surface area contributed by atoms with Crippen molar-refractivity contribution in [3.63, 3.8) is 0 Å². The van der Waals surface area contributed by atoms with Crippen molar-refractivity contribution in [2.45, 2.75) is 25.0 Å². The second kappa shape index (κ2) is 2.73. The van der Waals surface area contributed by atoms with Crippen molar-refractivity contribution in [3.05, 3.63) is 0 Å². The Bertz CT molecular complexity index is 141. The van der Waals surface area contributed by atoms with Gasteiger partial charge in [-0.25, -0.2) is 0 Å². The molecule has 0 aliphatic carbocycles. The molecule has 3 heterocycles. The zero-order valence-electron chi connectivity index (χ0n) is 6.74. The molecule has 0 radical (unpaired) electrons. The summed E-state index contributed by atoms with van der Waals surface area (Å²) >= 11 is 0. The SMILES string of the molecule is NCC1C(O)C2CCN1CC2. The molecule has 3 N–H and O–H groups in total. The van der Waals surface area contributed by atoms with E-state index >= 15 is 0 Å². The van der Waals surface area contributed by atoms with Gasteiger partial charge in [-0.15, -0.1) is 0 Å². The molecule has 0 saturated carbocycles. The first-order valence-electron chi connectivity index (χ1n) is 4.45. The minimum Gasteiger partial charge on any atom is -0.391 e. The zero-order valence-corrected chi connectivity index (χ0v) is 6.74. The van der Waals surface area contributed by atoms with Gasteiger partial charge in [0.15, 0.2) is 0 Å². The smallest absolute Gasteiger partial charge is 0.0736 e. The Balaban J connectivity index is 2.10. The van der Waals surface area contributed by atoms with Gasteiger partial charge in [0.2, 0.25) is 0 Å². The molecule has 3 aliphatic rings. The highest BCUT2D eigenvalue weighted by Crippen LogP contribution is 2.31. The average molecular weight is 156 g/mol. The summed E-state index contributed by atoms with van der Waals surface area (Å²) < 4.78 is 0. The van der Waals surface area contributed by atoms with Gasteiger partial charge in [0.25, 0.3) is 0 Å². The van der Waals surface area contributed by atoms with E-state index in [9.17, 15) is 5.11 Å². The summed E-state index contributed by atoms with van der Waals surface area (Å²) in [6, 6.07) is 0.252. The van der Waals surface area contributed by atoms with Crippen LogP contribution < -0.4 is 5.73 Å². The lowest BCUT2D eigenvalue weighted by atomic mass is 9.81. The van der Waals surface area contributed by atoms with Crippen molar-refractivity contribution in [1.82, 2.24) is 4.90 Å². The number of aliphatic hydroxyl groups excluding tert-OH is 1. The zero-order chi connectivity index (χ0) is 7.84. The highest BCUT2D eigenvalue weighted by molar-refractivity contribution is 4.94. The lowest BCUT2D eigenvalue weighted by Crippen LogP contribution is -2.60. The number of aliphatic hydroxyl groups is 1. The van der Waals surface area contributed by atoms with Crippen LogP contribution in [-0.2, 0) is 0 Å². The molecule has 3 heteroatoms. The van der Waals surface area contributed by atoms with Crippen LogP contribution in [0, 0.1) is 5.92 Å². The van der Waals surface area contributed by atoms with Crippen LogP contribution >= 0.6 is 0 Å². The topological polar surface area (TPSA) is 49.5 Å². The number of hydrogen-bond donors (Lipinski definition) is 2. The fraction of sp³-hybridized carbons (Fsp3) is 1.00. The molecule has 0 aromatic carbocycles. The number of rotatable bonds is 1. The van der Waals surface area contributed by atoms with Crippen molar-refractivity contribution in [2.75, 3.05) is 19.6 Å². The van der Waals surface area contributed by atoms with E-state index in [2.05, 4.69) is 4.90 Å². The van der Waals surface area contributed by atoms with E-state index in [0.29, 0.717) is 12.5 Å². The second-order valence-corrected chi connectivity index (χ2v) is 3.67. The molecule has 3 rings (SSSR count). The fourth-order valence-corrected chi connectivity index (χ4v) is 2.41. The average Bonchev–Trinajstić information content (AvgIpc) is 2.06. The molecule has 0 aromatic rings. The molecule has 2 bridgehead atoms. The van der Waals surface area contributed by atoms with Gasteiger partial charge in [-0.2, -0.15) is 0 Å². The standard InChI is InChI=1S/C8H16N2O/c9-5-7-8(11)6-1-3-10(7)4-2-6/h6-8,11H,1-5,9H2. The predicted molar refractivity (Wildman–Crippen MR) is 43.1 cm³/mol. The van der Waals surface area contributed by atoms with Gasteiger partial charge in [0, 0.05) is 12.6 Å². The third-order valence-electron chi connectivity index (χ3n) is 3.16. The summed E-state index contributed by atoms with van der Waals surface area (Å²) in [6.45, 7) is 2.89. The third kappa shape index (κ3) is 1.08. The van der Waals surface area contributed by atoms with E-state index in [0.717, 1.165) is 25.9 Å². The van der Waals surface area contributed by atoms with E-state index in [4.69, 9.17) is 5.73 Å². The predicted octanol–water partition coefficient (Wildman–Crippen LogP) is -0.600. The Morgan fingerprint density at radius 3 is 2.36 bits per heavy atom. The fourth-order valence-electron chi connectivity index (χ4n) is 2.41. The van der Waals surface area contributed by atoms with Gasteiger partial charge in [0.05, 0.1) is 6.10 Å². The monoisotopic (exact) mass is 156 g/mol. The highest BCUT2D eigenvalue weighted by atomic mass is 16.3. The first-order valence-corrected chi connectivity index (χ1v) is 4.45. The molecule has 11 heavy (non-hydrogen) atoms. The lowest BCUT2D eigenvalue weighted by Gasteiger charge is -2.48. The maximum Gasteiger partial charge on any atom is 0.0736 e. The molecule has 0 amide bonds. The maximum absolute atomic E-state index is 9.74. The first kappa shape index (κ1) is 7.53. The van der Waals surface area contributed by atoms with Crippen molar-refractivity contribution in [2.24, 2.45) is 11.7 Å². The molecule has 3 fully saturated rings. The first-order chi connectivity index (χ1) is 5.33. The van der Waals surface area contributed by atoms with Gasteiger partial charge in [-0.05, 0) is 31.8 Å². The van der Waals surface area contributed by atoms with Crippen LogP contribution in [0.2, 0.25) is 0 Å². The lowest BCUT2D eigenvalue weighted by molar-refractivity contribution is -0.0681. The Morgan fingerprint density at radius 1 is 1.36 bits per heavy atom. The minimum atomic E-state index is -0.150. The third-order valence-corrected chi connectivity index (χ3v) is 3.16. The molecule has 0 spiro atoms. The number of piperidine rings is 3. The normalized spacial score (nSPS) is 49.6. The molecular weight excluding hydrogens is 140 g/mol. The van der Waals surface area contributed by atoms with Gasteiger partial charge >= 0.3 is 0 Å². The summed E-state index contributed by atoms with van der Waals surface area (Å²) in [5.41, 5.74) is 5.58. The van der Waals surface area contributed by atoms with Crippen LogP contribution in [-0.4, -0.2) is 41.8 Å². The molecule has 2 atom stereocenters. The highest BCUT2D eigenvalue weighted by Gasteiger charge is 2.40. The van der Waals surface area contributed by atoms with Crippen molar-refractivity contribution in [1.29, 1.82) is 0 Å². The summed E-state index contributed by atoms with van der Waals surface area (Å²) in [5.74, 6) is 0.536. The van der Waals surface area contributed by atoms with Crippen LogP contribution in [0.4, 0.5) is 0 Å². The van der Waals surface area contributed by atoms with E-state index in [1.54, 1.807) is 0 Å². The second-order valence-electron chi connectivity index (χ2n) is 3.67. The molecule has 64 valence electrons. The quantitative estimate of drug-likeness (QED) is 0.533. The van der Waals surface area contributed by atoms with E-state index in [1.807, 2.05) is 0 Å². The Kier molecular flexibility index (Phi) is 1.87. The van der Waals surface area contributed by atoms with Crippen molar-refractivity contribution >= 4 is 0 Å². The Labute approximate surface area is 67.2 Å². The summed E-state index contributed by atoms with van der Waals surface area (Å²) in [6.07, 6.45) is 2.18. The number of nitrogens with zero attached hydrogens (tertiary/aromatic N) is 1.